The molecule has 0 aliphatic rings. The number of rotatable bonds is 17. The van der Waals surface area contributed by atoms with Crippen LogP contribution in [0.2, 0.25) is 0 Å². The number of carboxylic acid groups (broad SMARTS) is 1. The van der Waals surface area contributed by atoms with Crippen LogP contribution in [-0.4, -0.2) is 75.8 Å². The molecule has 0 aliphatic carbocycles. The number of ether oxygens (including phenoxy) is 2. The van der Waals surface area contributed by atoms with Gasteiger partial charge in [-0.05, 0) is 51.0 Å². The maximum absolute atomic E-state index is 12.8. The molecule has 39 heavy (non-hydrogen) atoms. The number of aliphatic carboxylic acids is 1. The summed E-state index contributed by atoms with van der Waals surface area (Å²) in [7, 11) is 0. The van der Waals surface area contributed by atoms with E-state index in [0.717, 1.165) is 11.4 Å². The number of nitrogens with zero attached hydrogens (tertiary/aromatic N) is 3. The summed E-state index contributed by atoms with van der Waals surface area (Å²) in [6.07, 6.45) is 3.29. The number of esters is 2. The third kappa shape index (κ3) is 12.8. The number of hydrogen-bond acceptors (Lipinski definition) is 9. The van der Waals surface area contributed by atoms with E-state index in [0.29, 0.717) is 26.1 Å². The number of urea groups is 1. The fourth-order valence-corrected chi connectivity index (χ4v) is 3.80. The quantitative estimate of drug-likeness (QED) is 0.253. The lowest BCUT2D eigenvalue weighted by Gasteiger charge is -2.25. The van der Waals surface area contributed by atoms with E-state index in [1.165, 1.54) is 0 Å². The molecule has 2 amide bonds. The zero-order chi connectivity index (χ0) is 28.5. The van der Waals surface area contributed by atoms with Gasteiger partial charge in [-0.15, -0.1) is 0 Å². The first-order valence-electron chi connectivity index (χ1n) is 12.9. The molecular weight excluding hydrogens is 506 g/mol. The van der Waals surface area contributed by atoms with Crippen molar-refractivity contribution in [1.29, 1.82) is 0 Å². The molecule has 2 atom stereocenters. The van der Waals surface area contributed by atoms with E-state index >= 15 is 0 Å². The summed E-state index contributed by atoms with van der Waals surface area (Å²) < 4.78 is 9.90. The Morgan fingerprint density at radius 3 is 2.03 bits per heavy atom. The summed E-state index contributed by atoms with van der Waals surface area (Å²) >= 11 is 0. The molecule has 2 rings (SSSR count). The summed E-state index contributed by atoms with van der Waals surface area (Å²) in [4.78, 5) is 59.2. The lowest BCUT2D eigenvalue weighted by Crippen LogP contribution is -2.50. The third-order valence-electron chi connectivity index (χ3n) is 5.59. The Morgan fingerprint density at radius 1 is 0.897 bits per heavy atom. The van der Waals surface area contributed by atoms with Crippen LogP contribution in [0.3, 0.4) is 0 Å². The van der Waals surface area contributed by atoms with Crippen molar-refractivity contribution in [1.82, 2.24) is 25.5 Å². The molecule has 2 aromatic rings. The Hall–Kier alpha value is -4.06. The van der Waals surface area contributed by atoms with Gasteiger partial charge in [-0.2, -0.15) is 0 Å². The van der Waals surface area contributed by atoms with E-state index in [1.807, 2.05) is 36.4 Å². The second-order valence-corrected chi connectivity index (χ2v) is 8.70. The van der Waals surface area contributed by atoms with Crippen LogP contribution in [0.4, 0.5) is 4.79 Å². The van der Waals surface area contributed by atoms with Crippen LogP contribution in [-0.2, 0) is 36.9 Å². The number of nitrogens with one attached hydrogen (secondary N) is 2. The predicted molar refractivity (Wildman–Crippen MR) is 141 cm³/mol. The molecule has 0 saturated carbocycles. The summed E-state index contributed by atoms with van der Waals surface area (Å²) in [5.41, 5.74) is 1.68. The van der Waals surface area contributed by atoms with Crippen LogP contribution < -0.4 is 10.6 Å². The Kier molecular flexibility index (Phi) is 13.9. The van der Waals surface area contributed by atoms with Crippen molar-refractivity contribution >= 4 is 23.9 Å². The second kappa shape index (κ2) is 17.4. The SMILES string of the molecule is CCOC(=O)CC[C@H](NC(=O)N[C@@H](CCN(Cc1ccccn1)Cc1ccccn1)CC(=O)O)C(=O)OCC. The zero-order valence-corrected chi connectivity index (χ0v) is 22.4. The maximum atomic E-state index is 12.8. The molecule has 0 unspecified atom stereocenters. The summed E-state index contributed by atoms with van der Waals surface area (Å²) in [6.45, 7) is 5.04. The van der Waals surface area contributed by atoms with E-state index < -0.39 is 36.0 Å². The first kappa shape index (κ1) is 31.2. The minimum absolute atomic E-state index is 0.0172. The van der Waals surface area contributed by atoms with Crippen LogP contribution in [0.1, 0.15) is 50.9 Å². The molecule has 2 aromatic heterocycles. The van der Waals surface area contributed by atoms with E-state index in [1.54, 1.807) is 26.2 Å². The van der Waals surface area contributed by atoms with Crippen molar-refractivity contribution < 1.29 is 33.8 Å². The number of aromatic nitrogens is 2. The van der Waals surface area contributed by atoms with Gasteiger partial charge in [0.05, 0.1) is 31.0 Å². The fourth-order valence-electron chi connectivity index (χ4n) is 3.80. The normalized spacial score (nSPS) is 12.3. The molecule has 3 N–H and O–H groups in total. The van der Waals surface area contributed by atoms with Gasteiger partial charge in [-0.25, -0.2) is 9.59 Å². The molecule has 12 heteroatoms. The van der Waals surface area contributed by atoms with Crippen LogP contribution >= 0.6 is 0 Å². The second-order valence-electron chi connectivity index (χ2n) is 8.70. The molecular formula is C27H37N5O7. The Labute approximate surface area is 228 Å². The van der Waals surface area contributed by atoms with Crippen molar-refractivity contribution in [3.05, 3.63) is 60.2 Å². The van der Waals surface area contributed by atoms with Crippen molar-refractivity contribution in [3.63, 3.8) is 0 Å². The first-order valence-corrected chi connectivity index (χ1v) is 12.9. The smallest absolute Gasteiger partial charge is 0.328 e. The highest BCUT2D eigenvalue weighted by molar-refractivity contribution is 5.84. The van der Waals surface area contributed by atoms with Gasteiger partial charge in [-0.3, -0.25) is 24.5 Å². The van der Waals surface area contributed by atoms with Gasteiger partial charge in [0, 0.05) is 44.5 Å². The van der Waals surface area contributed by atoms with Gasteiger partial charge in [0.2, 0.25) is 0 Å². The van der Waals surface area contributed by atoms with E-state index in [4.69, 9.17) is 9.47 Å². The Balaban J connectivity index is 2.05. The number of pyridine rings is 2. The number of carbonyl (C=O) groups is 4. The number of carboxylic acids is 1. The van der Waals surface area contributed by atoms with Crippen molar-refractivity contribution in [2.24, 2.45) is 0 Å². The molecule has 0 spiro atoms. The molecule has 0 radical (unpaired) electrons. The van der Waals surface area contributed by atoms with Gasteiger partial charge in [-0.1, -0.05) is 12.1 Å². The van der Waals surface area contributed by atoms with Gasteiger partial charge < -0.3 is 25.2 Å². The molecule has 12 nitrogen and oxygen atoms in total. The van der Waals surface area contributed by atoms with E-state index in [-0.39, 0.29) is 32.5 Å². The van der Waals surface area contributed by atoms with Crippen LogP contribution in [0.25, 0.3) is 0 Å². The van der Waals surface area contributed by atoms with Crippen LogP contribution in [0.5, 0.6) is 0 Å². The zero-order valence-electron chi connectivity index (χ0n) is 22.4. The monoisotopic (exact) mass is 543 g/mol. The molecule has 0 aliphatic heterocycles. The molecule has 0 saturated heterocycles. The average molecular weight is 544 g/mol. The third-order valence-corrected chi connectivity index (χ3v) is 5.59. The van der Waals surface area contributed by atoms with Crippen LogP contribution in [0.15, 0.2) is 48.8 Å². The number of carbonyl (C=O) groups excluding carboxylic acids is 3. The van der Waals surface area contributed by atoms with Gasteiger partial charge in [0.15, 0.2) is 0 Å². The largest absolute Gasteiger partial charge is 0.481 e. The van der Waals surface area contributed by atoms with Gasteiger partial charge >= 0.3 is 23.9 Å². The number of amides is 2. The maximum Gasteiger partial charge on any atom is 0.328 e. The summed E-state index contributed by atoms with van der Waals surface area (Å²) in [6, 6.07) is 8.68. The molecule has 2 heterocycles. The lowest BCUT2D eigenvalue weighted by molar-refractivity contribution is -0.147. The van der Waals surface area contributed by atoms with Crippen LogP contribution in [0, 0.1) is 0 Å². The average Bonchev–Trinajstić information content (AvgIpc) is 2.90. The minimum Gasteiger partial charge on any atom is -0.481 e. The fraction of sp³-hybridized carbons (Fsp3) is 0.481. The molecule has 0 fully saturated rings. The van der Waals surface area contributed by atoms with Crippen molar-refractivity contribution in [2.45, 2.75) is 64.7 Å². The molecule has 212 valence electrons. The summed E-state index contributed by atoms with van der Waals surface area (Å²) in [5.74, 6) is -2.27. The van der Waals surface area contributed by atoms with Crippen molar-refractivity contribution in [3.8, 4) is 0 Å². The van der Waals surface area contributed by atoms with E-state index in [2.05, 4.69) is 25.5 Å². The lowest BCUT2D eigenvalue weighted by atomic mass is 10.1. The summed E-state index contributed by atoms with van der Waals surface area (Å²) in [5, 5.41) is 14.6. The van der Waals surface area contributed by atoms with E-state index in [9.17, 15) is 24.3 Å². The molecule has 0 aromatic carbocycles. The van der Waals surface area contributed by atoms with Crippen molar-refractivity contribution in [2.75, 3.05) is 19.8 Å². The highest BCUT2D eigenvalue weighted by Crippen LogP contribution is 2.10. The standard InChI is InChI=1S/C27H37N5O7/c1-3-38-25(35)12-11-23(26(36)39-4-2)31-27(37)30-20(17-24(33)34)13-16-32(18-21-9-5-7-14-28-21)19-22-10-6-8-15-29-22/h5-10,14-15,20,23H,3-4,11-13,16-19H2,1-2H3,(H,33,34)(H2,30,31,37)/t20-,23-/m0/s1. The highest BCUT2D eigenvalue weighted by atomic mass is 16.5. The highest BCUT2D eigenvalue weighted by Gasteiger charge is 2.25. The topological polar surface area (TPSA) is 160 Å². The Morgan fingerprint density at radius 2 is 1.51 bits per heavy atom. The minimum atomic E-state index is -1.09. The molecule has 0 bridgehead atoms. The first-order chi connectivity index (χ1) is 18.8. The van der Waals surface area contributed by atoms with Gasteiger partial charge in [0.25, 0.3) is 0 Å². The number of hydrogen-bond donors (Lipinski definition) is 3. The predicted octanol–water partition coefficient (Wildman–Crippen LogP) is 2.29. The van der Waals surface area contributed by atoms with Gasteiger partial charge in [0.1, 0.15) is 6.04 Å². The Bertz CT molecular complexity index is 998.